The first-order valence-corrected chi connectivity index (χ1v) is 8.84. The number of aromatic nitrogens is 2. The standard InChI is InChI=1S/C22H19FN2O3/c1-13-10-15(11-14(2)20(13)26-3)21-25-18-9-8-16(24-22(18)28-21)12-27-19-7-5-4-6-17(19)23/h4-11H,12H2,1-3H3. The Hall–Kier alpha value is -3.41. The molecule has 0 aliphatic carbocycles. The number of pyridine rings is 1. The maximum atomic E-state index is 13.7. The third kappa shape index (κ3) is 3.41. The van der Waals surface area contributed by atoms with E-state index in [4.69, 9.17) is 13.9 Å². The predicted octanol–water partition coefficient (Wildman–Crippen LogP) is 5.23. The van der Waals surface area contributed by atoms with Crippen LogP contribution in [-0.4, -0.2) is 17.1 Å². The fourth-order valence-corrected chi connectivity index (χ4v) is 3.17. The van der Waals surface area contributed by atoms with Gasteiger partial charge in [-0.2, -0.15) is 0 Å². The van der Waals surface area contributed by atoms with Gasteiger partial charge in [0.1, 0.15) is 17.9 Å². The molecule has 0 aliphatic rings. The van der Waals surface area contributed by atoms with E-state index < -0.39 is 5.82 Å². The highest BCUT2D eigenvalue weighted by Gasteiger charge is 2.14. The zero-order valence-electron chi connectivity index (χ0n) is 15.8. The van der Waals surface area contributed by atoms with Crippen molar-refractivity contribution in [1.29, 1.82) is 0 Å². The lowest BCUT2D eigenvalue weighted by Gasteiger charge is -2.09. The van der Waals surface area contributed by atoms with Crippen molar-refractivity contribution in [2.75, 3.05) is 7.11 Å². The maximum absolute atomic E-state index is 13.7. The molecular formula is C22H19FN2O3. The molecule has 5 nitrogen and oxygen atoms in total. The lowest BCUT2D eigenvalue weighted by Crippen LogP contribution is -1.99. The number of hydrogen-bond donors (Lipinski definition) is 0. The van der Waals surface area contributed by atoms with Gasteiger partial charge in [0, 0.05) is 5.56 Å². The number of nitrogens with zero attached hydrogens (tertiary/aromatic N) is 2. The molecule has 2 aromatic heterocycles. The van der Waals surface area contributed by atoms with E-state index in [1.165, 1.54) is 6.07 Å². The molecule has 0 amide bonds. The molecular weight excluding hydrogens is 359 g/mol. The van der Waals surface area contributed by atoms with Crippen LogP contribution in [0.1, 0.15) is 16.8 Å². The second kappa shape index (κ2) is 7.31. The molecule has 0 fully saturated rings. The monoisotopic (exact) mass is 378 g/mol. The lowest BCUT2D eigenvalue weighted by atomic mass is 10.1. The van der Waals surface area contributed by atoms with Crippen LogP contribution in [0.5, 0.6) is 11.5 Å². The average Bonchev–Trinajstić information content (AvgIpc) is 3.10. The molecule has 6 heteroatoms. The fourth-order valence-electron chi connectivity index (χ4n) is 3.17. The fraction of sp³-hybridized carbons (Fsp3) is 0.182. The smallest absolute Gasteiger partial charge is 0.247 e. The molecule has 0 saturated carbocycles. The second-order valence-corrected chi connectivity index (χ2v) is 6.51. The zero-order chi connectivity index (χ0) is 19.7. The molecule has 0 radical (unpaired) electrons. The Balaban J connectivity index is 1.61. The van der Waals surface area contributed by atoms with E-state index >= 15 is 0 Å². The normalized spacial score (nSPS) is 11.0. The molecule has 28 heavy (non-hydrogen) atoms. The van der Waals surface area contributed by atoms with Crippen LogP contribution in [0.4, 0.5) is 4.39 Å². The minimum absolute atomic E-state index is 0.133. The molecule has 0 spiro atoms. The predicted molar refractivity (Wildman–Crippen MR) is 104 cm³/mol. The number of methoxy groups -OCH3 is 1. The third-order valence-corrected chi connectivity index (χ3v) is 4.44. The van der Waals surface area contributed by atoms with Crippen molar-refractivity contribution >= 4 is 11.2 Å². The van der Waals surface area contributed by atoms with Gasteiger partial charge in [-0.05, 0) is 61.4 Å². The number of para-hydroxylation sites is 1. The van der Waals surface area contributed by atoms with Gasteiger partial charge in [0.2, 0.25) is 11.6 Å². The Morgan fingerprint density at radius 2 is 1.75 bits per heavy atom. The molecule has 0 unspecified atom stereocenters. The van der Waals surface area contributed by atoms with Crippen molar-refractivity contribution < 1.29 is 18.3 Å². The molecule has 0 bridgehead atoms. The molecule has 0 saturated heterocycles. The van der Waals surface area contributed by atoms with Gasteiger partial charge in [0.25, 0.3) is 0 Å². The highest BCUT2D eigenvalue weighted by Crippen LogP contribution is 2.31. The van der Waals surface area contributed by atoms with E-state index in [-0.39, 0.29) is 12.4 Å². The number of ether oxygens (including phenoxy) is 2. The summed E-state index contributed by atoms with van der Waals surface area (Å²) in [5, 5.41) is 0. The Kier molecular flexibility index (Phi) is 4.69. The largest absolute Gasteiger partial charge is 0.496 e. The number of aryl methyl sites for hydroxylation is 2. The van der Waals surface area contributed by atoms with Crippen LogP contribution in [0.25, 0.3) is 22.7 Å². The Morgan fingerprint density at radius 1 is 1.00 bits per heavy atom. The van der Waals surface area contributed by atoms with Crippen LogP contribution >= 0.6 is 0 Å². The van der Waals surface area contributed by atoms with Gasteiger partial charge in [-0.3, -0.25) is 0 Å². The van der Waals surface area contributed by atoms with Gasteiger partial charge >= 0.3 is 0 Å². The number of hydrogen-bond acceptors (Lipinski definition) is 5. The summed E-state index contributed by atoms with van der Waals surface area (Å²) in [6.07, 6.45) is 0. The number of oxazole rings is 1. The van der Waals surface area contributed by atoms with Crippen LogP contribution in [0, 0.1) is 19.7 Å². The van der Waals surface area contributed by atoms with Crippen LogP contribution in [0.15, 0.2) is 52.9 Å². The van der Waals surface area contributed by atoms with Gasteiger partial charge in [-0.1, -0.05) is 12.1 Å². The molecule has 4 rings (SSSR count). The van der Waals surface area contributed by atoms with E-state index in [9.17, 15) is 4.39 Å². The zero-order valence-corrected chi connectivity index (χ0v) is 15.8. The van der Waals surface area contributed by atoms with Gasteiger partial charge < -0.3 is 13.9 Å². The van der Waals surface area contributed by atoms with E-state index in [1.807, 2.05) is 32.0 Å². The van der Waals surface area contributed by atoms with Crippen molar-refractivity contribution in [2.24, 2.45) is 0 Å². The molecule has 0 N–H and O–H groups in total. The number of benzene rings is 2. The minimum Gasteiger partial charge on any atom is -0.496 e. The summed E-state index contributed by atoms with van der Waals surface area (Å²) in [4.78, 5) is 8.97. The molecule has 2 aromatic carbocycles. The number of rotatable bonds is 5. The molecule has 2 heterocycles. The van der Waals surface area contributed by atoms with Gasteiger partial charge in [-0.25, -0.2) is 14.4 Å². The Labute approximate surface area is 161 Å². The summed E-state index contributed by atoms with van der Waals surface area (Å²) in [5.74, 6) is 1.12. The van der Waals surface area contributed by atoms with Crippen LogP contribution in [0.2, 0.25) is 0 Å². The van der Waals surface area contributed by atoms with E-state index in [1.54, 1.807) is 31.4 Å². The summed E-state index contributed by atoms with van der Waals surface area (Å²) >= 11 is 0. The van der Waals surface area contributed by atoms with Gasteiger partial charge in [0.05, 0.1) is 12.8 Å². The average molecular weight is 378 g/mol. The Bertz CT molecular complexity index is 1130. The first kappa shape index (κ1) is 18.0. The highest BCUT2D eigenvalue weighted by atomic mass is 19.1. The van der Waals surface area contributed by atoms with Gasteiger partial charge in [0.15, 0.2) is 11.6 Å². The minimum atomic E-state index is -0.407. The topological polar surface area (TPSA) is 57.4 Å². The number of halogens is 1. The summed E-state index contributed by atoms with van der Waals surface area (Å²) in [5.41, 5.74) is 4.56. The molecule has 0 atom stereocenters. The molecule has 142 valence electrons. The summed E-state index contributed by atoms with van der Waals surface area (Å²) < 4.78 is 30.4. The maximum Gasteiger partial charge on any atom is 0.247 e. The van der Waals surface area contributed by atoms with Crippen molar-refractivity contribution in [3.8, 4) is 23.0 Å². The second-order valence-electron chi connectivity index (χ2n) is 6.51. The van der Waals surface area contributed by atoms with Crippen LogP contribution < -0.4 is 9.47 Å². The van der Waals surface area contributed by atoms with Crippen molar-refractivity contribution in [1.82, 2.24) is 9.97 Å². The van der Waals surface area contributed by atoms with E-state index in [0.29, 0.717) is 22.8 Å². The van der Waals surface area contributed by atoms with E-state index in [2.05, 4.69) is 9.97 Å². The molecule has 4 aromatic rings. The van der Waals surface area contributed by atoms with Crippen LogP contribution in [-0.2, 0) is 6.61 Å². The van der Waals surface area contributed by atoms with Crippen LogP contribution in [0.3, 0.4) is 0 Å². The van der Waals surface area contributed by atoms with Gasteiger partial charge in [-0.15, -0.1) is 0 Å². The van der Waals surface area contributed by atoms with Crippen molar-refractivity contribution in [3.05, 3.63) is 71.2 Å². The quantitative estimate of drug-likeness (QED) is 0.476. The lowest BCUT2D eigenvalue weighted by molar-refractivity contribution is 0.286. The first-order chi connectivity index (χ1) is 13.5. The molecule has 0 aliphatic heterocycles. The summed E-state index contributed by atoms with van der Waals surface area (Å²) in [6, 6.07) is 13.8. The Morgan fingerprint density at radius 3 is 2.46 bits per heavy atom. The third-order valence-electron chi connectivity index (χ3n) is 4.44. The summed E-state index contributed by atoms with van der Waals surface area (Å²) in [7, 11) is 1.66. The van der Waals surface area contributed by atoms with E-state index in [0.717, 1.165) is 22.4 Å². The summed E-state index contributed by atoms with van der Waals surface area (Å²) in [6.45, 7) is 4.09. The highest BCUT2D eigenvalue weighted by molar-refractivity contribution is 5.73. The SMILES string of the molecule is COc1c(C)cc(-c2nc3ccc(COc4ccccc4F)nc3o2)cc1C. The number of fused-ring (bicyclic) bond motifs is 1. The van der Waals surface area contributed by atoms with Crippen molar-refractivity contribution in [3.63, 3.8) is 0 Å². The van der Waals surface area contributed by atoms with Crippen molar-refractivity contribution in [2.45, 2.75) is 20.5 Å². The first-order valence-electron chi connectivity index (χ1n) is 8.84.